The number of hydrogen-bond acceptors (Lipinski definition) is 6. The number of ether oxygens (including phenoxy) is 1. The molecular formula is C24H25BrN4O2S. The monoisotopic (exact) mass is 512 g/mol. The maximum absolute atomic E-state index is 12.4. The van der Waals surface area contributed by atoms with Gasteiger partial charge in [-0.25, -0.2) is 9.78 Å². The molecule has 1 aromatic carbocycles. The summed E-state index contributed by atoms with van der Waals surface area (Å²) in [5.41, 5.74) is 5.61. The molecule has 6 nitrogen and oxygen atoms in total. The lowest BCUT2D eigenvalue weighted by molar-refractivity contribution is 0.0240. The van der Waals surface area contributed by atoms with Crippen molar-refractivity contribution in [2.45, 2.75) is 32.8 Å². The van der Waals surface area contributed by atoms with Gasteiger partial charge in [0.25, 0.3) is 0 Å². The third kappa shape index (κ3) is 4.01. The maximum Gasteiger partial charge on any atom is 0.410 e. The van der Waals surface area contributed by atoms with E-state index in [1.54, 1.807) is 16.2 Å². The summed E-state index contributed by atoms with van der Waals surface area (Å²) in [6.07, 6.45) is 2.52. The van der Waals surface area contributed by atoms with Crippen LogP contribution in [-0.2, 0) is 11.2 Å². The minimum Gasteiger partial charge on any atom is -0.444 e. The number of thiazole rings is 1. The molecule has 32 heavy (non-hydrogen) atoms. The molecule has 1 aliphatic carbocycles. The van der Waals surface area contributed by atoms with E-state index in [4.69, 9.17) is 9.72 Å². The number of carbonyl (C=O) groups excluding carboxylic acids is 1. The third-order valence-electron chi connectivity index (χ3n) is 5.70. The fourth-order valence-electron chi connectivity index (χ4n) is 4.23. The lowest BCUT2D eigenvalue weighted by Gasteiger charge is -2.35. The fourth-order valence-corrected chi connectivity index (χ4v) is 6.01. The first kappa shape index (κ1) is 21.4. The van der Waals surface area contributed by atoms with Gasteiger partial charge in [0.1, 0.15) is 10.2 Å². The van der Waals surface area contributed by atoms with Crippen molar-refractivity contribution in [1.29, 1.82) is 0 Å². The summed E-state index contributed by atoms with van der Waals surface area (Å²) < 4.78 is 6.36. The van der Waals surface area contributed by atoms with E-state index in [1.807, 2.05) is 27.0 Å². The van der Waals surface area contributed by atoms with Crippen LogP contribution in [0.3, 0.4) is 0 Å². The molecule has 0 radical (unpaired) electrons. The summed E-state index contributed by atoms with van der Waals surface area (Å²) in [6, 6.07) is 10.6. The van der Waals surface area contributed by atoms with E-state index in [-0.39, 0.29) is 6.09 Å². The zero-order chi connectivity index (χ0) is 22.5. The van der Waals surface area contributed by atoms with E-state index >= 15 is 0 Å². The Balaban J connectivity index is 1.37. The number of anilines is 1. The van der Waals surface area contributed by atoms with Crippen molar-refractivity contribution in [1.82, 2.24) is 14.9 Å². The molecule has 0 saturated carbocycles. The first-order valence-electron chi connectivity index (χ1n) is 10.8. The van der Waals surface area contributed by atoms with Crippen molar-refractivity contribution < 1.29 is 9.53 Å². The second-order valence-corrected chi connectivity index (χ2v) is 10.8. The second kappa shape index (κ2) is 8.15. The first-order chi connectivity index (χ1) is 15.3. The highest BCUT2D eigenvalue weighted by Gasteiger charge is 2.29. The number of rotatable bonds is 2. The molecule has 0 bridgehead atoms. The van der Waals surface area contributed by atoms with Gasteiger partial charge in [0.2, 0.25) is 0 Å². The molecule has 1 fully saturated rings. The third-order valence-corrected chi connectivity index (χ3v) is 7.68. The van der Waals surface area contributed by atoms with Gasteiger partial charge in [-0.05, 0) is 53.9 Å². The summed E-state index contributed by atoms with van der Waals surface area (Å²) in [4.78, 5) is 27.0. The highest BCUT2D eigenvalue weighted by molar-refractivity contribution is 9.10. The van der Waals surface area contributed by atoms with Crippen molar-refractivity contribution >= 4 is 38.5 Å². The van der Waals surface area contributed by atoms with Gasteiger partial charge in [-0.15, -0.1) is 0 Å². The molecule has 0 N–H and O–H groups in total. The van der Waals surface area contributed by atoms with Crippen LogP contribution in [0.1, 0.15) is 32.0 Å². The average Bonchev–Trinajstić information content (AvgIpc) is 3.33. The Kier molecular flexibility index (Phi) is 5.45. The molecule has 1 aliphatic heterocycles. The number of benzene rings is 1. The van der Waals surface area contributed by atoms with E-state index in [9.17, 15) is 4.79 Å². The van der Waals surface area contributed by atoms with Crippen molar-refractivity contribution in [3.63, 3.8) is 0 Å². The van der Waals surface area contributed by atoms with Crippen LogP contribution in [0, 0.1) is 0 Å². The molecule has 0 atom stereocenters. The minimum absolute atomic E-state index is 0.246. The number of carbonyl (C=O) groups is 1. The first-order valence-corrected chi connectivity index (χ1v) is 12.4. The van der Waals surface area contributed by atoms with Gasteiger partial charge < -0.3 is 14.5 Å². The van der Waals surface area contributed by atoms with Gasteiger partial charge in [0.05, 0.1) is 10.6 Å². The van der Waals surface area contributed by atoms with Gasteiger partial charge in [0, 0.05) is 49.9 Å². The molecule has 5 rings (SSSR count). The predicted octanol–water partition coefficient (Wildman–Crippen LogP) is 5.60. The molecule has 3 heterocycles. The zero-order valence-electron chi connectivity index (χ0n) is 18.4. The molecule has 2 aliphatic rings. The van der Waals surface area contributed by atoms with Gasteiger partial charge >= 0.3 is 6.09 Å². The SMILES string of the molecule is CC(C)(C)OC(=O)N1CCN(c2nc(Br)c(-c3ccnc4c3-c3ccccc3C4)s2)CC1. The molecular weight excluding hydrogens is 488 g/mol. The van der Waals surface area contributed by atoms with E-state index in [2.05, 4.69) is 56.1 Å². The van der Waals surface area contributed by atoms with E-state index in [1.165, 1.54) is 22.3 Å². The summed E-state index contributed by atoms with van der Waals surface area (Å²) in [6.45, 7) is 8.39. The van der Waals surface area contributed by atoms with E-state index in [0.717, 1.165) is 39.8 Å². The molecule has 2 aromatic heterocycles. The average molecular weight is 513 g/mol. The van der Waals surface area contributed by atoms with Crippen LogP contribution >= 0.6 is 27.3 Å². The molecule has 0 spiro atoms. The fraction of sp³-hybridized carbons (Fsp3) is 0.375. The van der Waals surface area contributed by atoms with Crippen molar-refractivity contribution in [3.8, 4) is 21.6 Å². The highest BCUT2D eigenvalue weighted by Crippen LogP contribution is 2.46. The van der Waals surface area contributed by atoms with E-state index < -0.39 is 5.60 Å². The molecule has 1 amide bonds. The minimum atomic E-state index is -0.479. The van der Waals surface area contributed by atoms with Crippen LogP contribution < -0.4 is 4.90 Å². The summed E-state index contributed by atoms with van der Waals surface area (Å²) in [7, 11) is 0. The van der Waals surface area contributed by atoms with Crippen molar-refractivity contribution in [2.75, 3.05) is 31.1 Å². The Labute approximate surface area is 200 Å². The summed E-state index contributed by atoms with van der Waals surface area (Å²) in [5.74, 6) is 0. The lowest BCUT2D eigenvalue weighted by atomic mass is 10.0. The molecule has 0 unspecified atom stereocenters. The van der Waals surface area contributed by atoms with Crippen molar-refractivity contribution in [2.24, 2.45) is 0 Å². The van der Waals surface area contributed by atoms with Crippen LogP contribution in [0.4, 0.5) is 9.93 Å². The molecule has 3 aromatic rings. The summed E-state index contributed by atoms with van der Waals surface area (Å²) >= 11 is 5.39. The Morgan fingerprint density at radius 1 is 1.09 bits per heavy atom. The largest absolute Gasteiger partial charge is 0.444 e. The Hall–Kier alpha value is -2.45. The Bertz CT molecular complexity index is 1180. The van der Waals surface area contributed by atoms with Crippen LogP contribution in [0.2, 0.25) is 0 Å². The van der Waals surface area contributed by atoms with Crippen LogP contribution in [0.15, 0.2) is 41.1 Å². The topological polar surface area (TPSA) is 58.6 Å². The number of nitrogens with zero attached hydrogens (tertiary/aromatic N) is 4. The van der Waals surface area contributed by atoms with Crippen LogP contribution in [-0.4, -0.2) is 52.7 Å². The quantitative estimate of drug-likeness (QED) is 0.350. The molecule has 8 heteroatoms. The number of hydrogen-bond donors (Lipinski definition) is 0. The number of pyridine rings is 1. The Morgan fingerprint density at radius 3 is 2.59 bits per heavy atom. The van der Waals surface area contributed by atoms with Gasteiger partial charge in [-0.1, -0.05) is 35.6 Å². The second-order valence-electron chi connectivity index (χ2n) is 9.08. The van der Waals surface area contributed by atoms with Crippen molar-refractivity contribution in [3.05, 3.63) is 52.4 Å². The smallest absolute Gasteiger partial charge is 0.410 e. The van der Waals surface area contributed by atoms with Crippen LogP contribution in [0.5, 0.6) is 0 Å². The number of fused-ring (bicyclic) bond motifs is 3. The number of amides is 1. The number of piperazine rings is 1. The van der Waals surface area contributed by atoms with E-state index in [0.29, 0.717) is 13.1 Å². The Morgan fingerprint density at radius 2 is 1.84 bits per heavy atom. The predicted molar refractivity (Wildman–Crippen MR) is 131 cm³/mol. The zero-order valence-corrected chi connectivity index (χ0v) is 20.8. The van der Waals surface area contributed by atoms with Gasteiger partial charge in [-0.3, -0.25) is 4.98 Å². The van der Waals surface area contributed by atoms with Gasteiger partial charge in [-0.2, -0.15) is 0 Å². The summed E-state index contributed by atoms with van der Waals surface area (Å²) in [5, 5.41) is 0.965. The number of halogens is 1. The highest BCUT2D eigenvalue weighted by atomic mass is 79.9. The van der Waals surface area contributed by atoms with Gasteiger partial charge in [0.15, 0.2) is 5.13 Å². The maximum atomic E-state index is 12.4. The van der Waals surface area contributed by atoms with Crippen LogP contribution in [0.25, 0.3) is 21.6 Å². The lowest BCUT2D eigenvalue weighted by Crippen LogP contribution is -2.50. The number of aromatic nitrogens is 2. The normalized spacial score (nSPS) is 15.5. The molecule has 1 saturated heterocycles. The standard InChI is InChI=1S/C24H25BrN4O2S/c1-24(2,3)31-23(30)29-12-10-28(11-13-29)22-27-21(25)20(32-22)17-8-9-26-18-14-15-6-4-5-7-16(15)19(17)18/h4-9H,10-14H2,1-3H3. The molecule has 166 valence electrons.